The summed E-state index contributed by atoms with van der Waals surface area (Å²) in [5, 5.41) is 11.9. The molecule has 0 fully saturated rings. The zero-order valence-electron chi connectivity index (χ0n) is 13.9. The molecule has 0 aromatic heterocycles. The molecule has 4 heteroatoms. The number of carbonyl (C=O) groups is 1. The van der Waals surface area contributed by atoms with Gasteiger partial charge in [0.1, 0.15) is 5.84 Å². The van der Waals surface area contributed by atoms with Crippen molar-refractivity contribution in [1.29, 1.82) is 5.26 Å². The van der Waals surface area contributed by atoms with Crippen molar-refractivity contribution in [3.63, 3.8) is 0 Å². The zero-order chi connectivity index (χ0) is 18.0. The highest BCUT2D eigenvalue weighted by Crippen LogP contribution is 2.37. The molecule has 0 spiro atoms. The van der Waals surface area contributed by atoms with Crippen LogP contribution in [0.15, 0.2) is 89.9 Å². The van der Waals surface area contributed by atoms with E-state index in [9.17, 15) is 4.79 Å². The van der Waals surface area contributed by atoms with E-state index >= 15 is 0 Å². The Balaban J connectivity index is 1.90. The van der Waals surface area contributed by atoms with Crippen molar-refractivity contribution < 1.29 is 4.79 Å². The van der Waals surface area contributed by atoms with Crippen LogP contribution in [0.5, 0.6) is 0 Å². The van der Waals surface area contributed by atoms with Gasteiger partial charge in [0.05, 0.1) is 11.6 Å². The summed E-state index contributed by atoms with van der Waals surface area (Å²) in [4.78, 5) is 18.0. The van der Waals surface area contributed by atoms with Crippen molar-refractivity contribution in [3.8, 4) is 6.07 Å². The number of hydrogen-bond donors (Lipinski definition) is 1. The number of nitriles is 1. The molecule has 3 aromatic carbocycles. The van der Waals surface area contributed by atoms with E-state index < -0.39 is 5.54 Å². The molecule has 4 nitrogen and oxygen atoms in total. The number of amides is 1. The predicted molar refractivity (Wildman–Crippen MR) is 99.5 cm³/mol. The Bertz CT molecular complexity index is 977. The summed E-state index contributed by atoms with van der Waals surface area (Å²) in [6, 6.07) is 28.2. The Kier molecular flexibility index (Phi) is 3.83. The highest BCUT2D eigenvalue weighted by Gasteiger charge is 2.46. The van der Waals surface area contributed by atoms with Crippen LogP contribution in [0.25, 0.3) is 0 Å². The van der Waals surface area contributed by atoms with Gasteiger partial charge >= 0.3 is 0 Å². The lowest BCUT2D eigenvalue weighted by molar-refractivity contribution is -0.122. The maximum absolute atomic E-state index is 13.1. The van der Waals surface area contributed by atoms with Gasteiger partial charge in [-0.1, -0.05) is 60.7 Å². The number of benzene rings is 3. The topological polar surface area (TPSA) is 65.2 Å². The normalized spacial score (nSPS) is 15.0. The first-order chi connectivity index (χ1) is 12.7. The lowest BCUT2D eigenvalue weighted by Gasteiger charge is -2.24. The monoisotopic (exact) mass is 337 g/mol. The molecule has 3 aromatic rings. The number of aliphatic imine (C=N–C) groups is 1. The second-order valence-corrected chi connectivity index (χ2v) is 6.05. The van der Waals surface area contributed by atoms with Crippen LogP contribution in [-0.2, 0) is 10.3 Å². The Morgan fingerprint density at radius 3 is 1.85 bits per heavy atom. The van der Waals surface area contributed by atoms with Crippen molar-refractivity contribution in [3.05, 3.63) is 107 Å². The van der Waals surface area contributed by atoms with Crippen LogP contribution in [-0.4, -0.2) is 11.7 Å². The molecule has 124 valence electrons. The van der Waals surface area contributed by atoms with Gasteiger partial charge in [-0.2, -0.15) is 5.26 Å². The molecular weight excluding hydrogens is 322 g/mol. The molecular formula is C22H15N3O. The molecule has 0 aliphatic carbocycles. The highest BCUT2D eigenvalue weighted by atomic mass is 16.2. The lowest BCUT2D eigenvalue weighted by atomic mass is 9.83. The fourth-order valence-corrected chi connectivity index (χ4v) is 3.20. The Hall–Kier alpha value is -3.71. The van der Waals surface area contributed by atoms with E-state index in [0.717, 1.165) is 16.7 Å². The molecule has 4 rings (SSSR count). The lowest BCUT2D eigenvalue weighted by Crippen LogP contribution is -2.38. The minimum atomic E-state index is -1.12. The van der Waals surface area contributed by atoms with Crippen molar-refractivity contribution in [2.45, 2.75) is 5.54 Å². The summed E-state index contributed by atoms with van der Waals surface area (Å²) >= 11 is 0. The molecule has 0 saturated heterocycles. The van der Waals surface area contributed by atoms with E-state index in [0.29, 0.717) is 11.4 Å². The van der Waals surface area contributed by atoms with Crippen molar-refractivity contribution in [2.24, 2.45) is 4.99 Å². The number of nitrogens with zero attached hydrogens (tertiary/aromatic N) is 2. The van der Waals surface area contributed by atoms with Crippen LogP contribution in [0, 0.1) is 11.3 Å². The van der Waals surface area contributed by atoms with Gasteiger partial charge in [0.15, 0.2) is 5.54 Å². The summed E-state index contributed by atoms with van der Waals surface area (Å²) in [6.07, 6.45) is 0. The highest BCUT2D eigenvalue weighted by molar-refractivity contribution is 6.16. The summed E-state index contributed by atoms with van der Waals surface area (Å²) in [5.41, 5.74) is 1.84. The number of carbonyl (C=O) groups excluding carboxylic acids is 1. The Labute approximate surface area is 151 Å². The van der Waals surface area contributed by atoms with Crippen molar-refractivity contribution >= 4 is 11.7 Å². The maximum Gasteiger partial charge on any atom is 0.262 e. The molecule has 1 aliphatic rings. The third-order valence-electron chi connectivity index (χ3n) is 4.51. The molecule has 26 heavy (non-hydrogen) atoms. The first-order valence-corrected chi connectivity index (χ1v) is 8.27. The minimum Gasteiger partial charge on any atom is -0.308 e. The van der Waals surface area contributed by atoms with E-state index in [4.69, 9.17) is 10.3 Å². The van der Waals surface area contributed by atoms with Gasteiger partial charge in [-0.05, 0) is 35.4 Å². The van der Waals surface area contributed by atoms with Crippen molar-refractivity contribution in [1.82, 2.24) is 5.32 Å². The number of rotatable bonds is 3. The maximum atomic E-state index is 13.1. The molecule has 0 bridgehead atoms. The van der Waals surface area contributed by atoms with Gasteiger partial charge in [-0.25, -0.2) is 4.99 Å². The smallest absolute Gasteiger partial charge is 0.262 e. The SMILES string of the molecule is N#Cc1ccc(C2=NC(c3ccccc3)(c3ccccc3)C(=O)N2)cc1. The summed E-state index contributed by atoms with van der Waals surface area (Å²) in [7, 11) is 0. The third-order valence-corrected chi connectivity index (χ3v) is 4.51. The molecule has 1 aliphatic heterocycles. The van der Waals surface area contributed by atoms with Crippen molar-refractivity contribution in [2.75, 3.05) is 0 Å². The minimum absolute atomic E-state index is 0.186. The quantitative estimate of drug-likeness (QED) is 0.796. The first-order valence-electron chi connectivity index (χ1n) is 8.27. The van der Waals surface area contributed by atoms with Crippen LogP contribution in [0.1, 0.15) is 22.3 Å². The molecule has 0 radical (unpaired) electrons. The zero-order valence-corrected chi connectivity index (χ0v) is 13.9. The molecule has 0 saturated carbocycles. The van der Waals surface area contributed by atoms with Crippen LogP contribution in [0.3, 0.4) is 0 Å². The van der Waals surface area contributed by atoms with Crippen LogP contribution in [0.2, 0.25) is 0 Å². The van der Waals surface area contributed by atoms with Crippen LogP contribution in [0.4, 0.5) is 0 Å². The van der Waals surface area contributed by atoms with Gasteiger partial charge in [0.25, 0.3) is 5.91 Å². The average Bonchev–Trinajstić information content (AvgIpc) is 3.07. The van der Waals surface area contributed by atoms with E-state index in [-0.39, 0.29) is 5.91 Å². The van der Waals surface area contributed by atoms with Gasteiger partial charge < -0.3 is 5.32 Å². The standard InChI is InChI=1S/C22H15N3O/c23-15-16-11-13-17(14-12-16)20-24-21(26)22(25-20,18-7-3-1-4-8-18)19-9-5-2-6-10-19/h1-14H,(H,24,25,26). The molecule has 1 amide bonds. The largest absolute Gasteiger partial charge is 0.308 e. The fourth-order valence-electron chi connectivity index (χ4n) is 3.20. The molecule has 1 N–H and O–H groups in total. The Morgan fingerprint density at radius 2 is 1.35 bits per heavy atom. The van der Waals surface area contributed by atoms with Crippen LogP contribution >= 0.6 is 0 Å². The molecule has 0 unspecified atom stereocenters. The molecule has 0 atom stereocenters. The predicted octanol–water partition coefficient (Wildman–Crippen LogP) is 3.38. The first kappa shape index (κ1) is 15.8. The average molecular weight is 337 g/mol. The summed E-state index contributed by atoms with van der Waals surface area (Å²) in [6.45, 7) is 0. The summed E-state index contributed by atoms with van der Waals surface area (Å²) in [5.74, 6) is 0.321. The van der Waals surface area contributed by atoms with Crippen LogP contribution < -0.4 is 5.32 Å². The summed E-state index contributed by atoms with van der Waals surface area (Å²) < 4.78 is 0. The van der Waals surface area contributed by atoms with Gasteiger partial charge in [-0.3, -0.25) is 4.79 Å². The fraction of sp³-hybridized carbons (Fsp3) is 0.0455. The second kappa shape index (κ2) is 6.30. The van der Waals surface area contributed by atoms with E-state index in [1.165, 1.54) is 0 Å². The van der Waals surface area contributed by atoms with E-state index in [2.05, 4.69) is 11.4 Å². The van der Waals surface area contributed by atoms with E-state index in [1.807, 2.05) is 60.7 Å². The third kappa shape index (κ3) is 2.47. The second-order valence-electron chi connectivity index (χ2n) is 6.05. The number of amidine groups is 1. The number of hydrogen-bond acceptors (Lipinski definition) is 3. The number of nitrogens with one attached hydrogen (secondary N) is 1. The van der Waals surface area contributed by atoms with Gasteiger partial charge in [0, 0.05) is 5.56 Å². The van der Waals surface area contributed by atoms with Gasteiger partial charge in [-0.15, -0.1) is 0 Å². The molecule has 1 heterocycles. The Morgan fingerprint density at radius 1 is 0.808 bits per heavy atom. The van der Waals surface area contributed by atoms with E-state index in [1.54, 1.807) is 24.3 Å². The van der Waals surface area contributed by atoms with Gasteiger partial charge in [0.2, 0.25) is 0 Å².